The van der Waals surface area contributed by atoms with E-state index in [1.54, 1.807) is 0 Å². The van der Waals surface area contributed by atoms with Crippen LogP contribution < -0.4 is 5.73 Å². The predicted octanol–water partition coefficient (Wildman–Crippen LogP) is 3.22. The average Bonchev–Trinajstić information content (AvgIpc) is 2.31. The highest BCUT2D eigenvalue weighted by molar-refractivity contribution is 5.37. The van der Waals surface area contributed by atoms with E-state index in [1.165, 1.54) is 5.56 Å². The minimum atomic E-state index is -0.422. The first kappa shape index (κ1) is 10.9. The van der Waals surface area contributed by atoms with Gasteiger partial charge in [0, 0.05) is 0 Å². The van der Waals surface area contributed by atoms with Crippen LogP contribution in [0.3, 0.4) is 0 Å². The molecule has 0 aliphatic carbocycles. The molecule has 1 unspecified atom stereocenters. The molecule has 82 valence electrons. The molecule has 1 atom stereocenters. The van der Waals surface area contributed by atoms with Crippen molar-refractivity contribution < 1.29 is 0 Å². The zero-order valence-electron chi connectivity index (χ0n) is 9.77. The van der Waals surface area contributed by atoms with E-state index >= 15 is 0 Å². The van der Waals surface area contributed by atoms with E-state index in [0.29, 0.717) is 0 Å². The Bertz CT molecular complexity index is 455. The van der Waals surface area contributed by atoms with Gasteiger partial charge in [0.05, 0.1) is 5.54 Å². The number of hydrogen-bond donors (Lipinski definition) is 1. The monoisotopic (exact) mass is 211 g/mol. The van der Waals surface area contributed by atoms with E-state index in [-0.39, 0.29) is 0 Å². The fourth-order valence-corrected chi connectivity index (χ4v) is 1.85. The van der Waals surface area contributed by atoms with Crippen molar-refractivity contribution in [2.24, 2.45) is 5.73 Å². The first-order valence-electron chi connectivity index (χ1n) is 5.52. The number of aryl methyl sites for hydroxylation is 1. The van der Waals surface area contributed by atoms with Gasteiger partial charge in [0.2, 0.25) is 0 Å². The first-order valence-corrected chi connectivity index (χ1v) is 5.52. The van der Waals surface area contributed by atoms with Crippen molar-refractivity contribution in [3.05, 3.63) is 71.3 Å². The van der Waals surface area contributed by atoms with Crippen molar-refractivity contribution >= 4 is 0 Å². The summed E-state index contributed by atoms with van der Waals surface area (Å²) < 4.78 is 0. The Morgan fingerprint density at radius 3 is 1.88 bits per heavy atom. The Morgan fingerprint density at radius 2 is 1.31 bits per heavy atom. The van der Waals surface area contributed by atoms with E-state index in [0.717, 1.165) is 11.1 Å². The molecule has 0 aliphatic heterocycles. The number of nitrogens with two attached hydrogens (primary N) is 1. The Hall–Kier alpha value is -1.60. The highest BCUT2D eigenvalue weighted by atomic mass is 14.7. The van der Waals surface area contributed by atoms with Crippen LogP contribution in [-0.2, 0) is 5.54 Å². The molecular weight excluding hydrogens is 194 g/mol. The van der Waals surface area contributed by atoms with Crippen LogP contribution in [0.4, 0.5) is 0 Å². The molecule has 0 heterocycles. The molecule has 16 heavy (non-hydrogen) atoms. The molecular formula is C15H17N. The second-order valence-electron chi connectivity index (χ2n) is 4.43. The molecule has 0 radical (unpaired) electrons. The summed E-state index contributed by atoms with van der Waals surface area (Å²) in [7, 11) is 0. The average molecular weight is 211 g/mol. The Kier molecular flexibility index (Phi) is 2.80. The normalized spacial score (nSPS) is 14.4. The van der Waals surface area contributed by atoms with E-state index < -0.39 is 5.54 Å². The van der Waals surface area contributed by atoms with Crippen molar-refractivity contribution in [2.75, 3.05) is 0 Å². The SMILES string of the molecule is Cc1ccc(C(C)(N)c2ccccc2)cc1. The lowest BCUT2D eigenvalue weighted by atomic mass is 9.85. The topological polar surface area (TPSA) is 26.0 Å². The van der Waals surface area contributed by atoms with Crippen LogP contribution in [0.2, 0.25) is 0 Å². The quantitative estimate of drug-likeness (QED) is 0.811. The van der Waals surface area contributed by atoms with Crippen LogP contribution in [0.1, 0.15) is 23.6 Å². The van der Waals surface area contributed by atoms with Crippen molar-refractivity contribution in [1.82, 2.24) is 0 Å². The third-order valence-corrected chi connectivity index (χ3v) is 3.02. The third kappa shape index (κ3) is 2.00. The Labute approximate surface area is 96.9 Å². The fraction of sp³-hybridized carbons (Fsp3) is 0.200. The molecule has 0 amide bonds. The molecule has 2 aromatic carbocycles. The molecule has 0 saturated heterocycles. The van der Waals surface area contributed by atoms with Crippen molar-refractivity contribution in [1.29, 1.82) is 0 Å². The van der Waals surface area contributed by atoms with Gasteiger partial charge in [-0.2, -0.15) is 0 Å². The lowest BCUT2D eigenvalue weighted by Gasteiger charge is -2.26. The second-order valence-corrected chi connectivity index (χ2v) is 4.43. The van der Waals surface area contributed by atoms with Crippen LogP contribution >= 0.6 is 0 Å². The molecule has 0 bridgehead atoms. The molecule has 1 nitrogen and oxygen atoms in total. The summed E-state index contributed by atoms with van der Waals surface area (Å²) in [6.45, 7) is 4.13. The van der Waals surface area contributed by atoms with Gasteiger partial charge in [0.1, 0.15) is 0 Å². The summed E-state index contributed by atoms with van der Waals surface area (Å²) >= 11 is 0. The fourth-order valence-electron chi connectivity index (χ4n) is 1.85. The molecule has 2 aromatic rings. The standard InChI is InChI=1S/C15H17N/c1-12-8-10-14(11-9-12)15(2,16)13-6-4-3-5-7-13/h3-11H,16H2,1-2H3. The second kappa shape index (κ2) is 4.11. The number of hydrogen-bond acceptors (Lipinski definition) is 1. The summed E-state index contributed by atoms with van der Waals surface area (Å²) in [5.41, 5.74) is 9.53. The van der Waals surface area contributed by atoms with Gasteiger partial charge in [-0.1, -0.05) is 60.2 Å². The molecule has 0 fully saturated rings. The van der Waals surface area contributed by atoms with Crippen molar-refractivity contribution in [3.8, 4) is 0 Å². The Morgan fingerprint density at radius 1 is 0.812 bits per heavy atom. The minimum Gasteiger partial charge on any atom is -0.318 e. The molecule has 1 heteroatoms. The lowest BCUT2D eigenvalue weighted by molar-refractivity contribution is 0.603. The lowest BCUT2D eigenvalue weighted by Crippen LogP contribution is -2.34. The molecule has 0 aromatic heterocycles. The molecule has 2 N–H and O–H groups in total. The highest BCUT2D eigenvalue weighted by Gasteiger charge is 2.22. The van der Waals surface area contributed by atoms with Gasteiger partial charge in [0.25, 0.3) is 0 Å². The van der Waals surface area contributed by atoms with E-state index in [1.807, 2.05) is 25.1 Å². The smallest absolute Gasteiger partial charge is 0.0636 e. The van der Waals surface area contributed by atoms with Gasteiger partial charge in [-0.15, -0.1) is 0 Å². The van der Waals surface area contributed by atoms with Crippen molar-refractivity contribution in [2.45, 2.75) is 19.4 Å². The molecule has 2 rings (SSSR count). The van der Waals surface area contributed by atoms with Gasteiger partial charge >= 0.3 is 0 Å². The number of benzene rings is 2. The maximum atomic E-state index is 6.41. The maximum Gasteiger partial charge on any atom is 0.0636 e. The highest BCUT2D eigenvalue weighted by Crippen LogP contribution is 2.26. The van der Waals surface area contributed by atoms with E-state index in [4.69, 9.17) is 5.73 Å². The van der Waals surface area contributed by atoms with Crippen LogP contribution in [0.15, 0.2) is 54.6 Å². The van der Waals surface area contributed by atoms with Gasteiger partial charge in [-0.25, -0.2) is 0 Å². The summed E-state index contributed by atoms with van der Waals surface area (Å²) in [5, 5.41) is 0. The first-order chi connectivity index (χ1) is 7.60. The van der Waals surface area contributed by atoms with Gasteiger partial charge in [-0.05, 0) is 25.0 Å². The zero-order chi connectivity index (χ0) is 11.6. The molecule has 0 aliphatic rings. The van der Waals surface area contributed by atoms with E-state index in [9.17, 15) is 0 Å². The summed E-state index contributed by atoms with van der Waals surface area (Å²) in [6.07, 6.45) is 0. The predicted molar refractivity (Wildman–Crippen MR) is 68.3 cm³/mol. The van der Waals surface area contributed by atoms with Crippen molar-refractivity contribution in [3.63, 3.8) is 0 Å². The van der Waals surface area contributed by atoms with Gasteiger partial charge in [0.15, 0.2) is 0 Å². The van der Waals surface area contributed by atoms with Crippen LogP contribution in [0.5, 0.6) is 0 Å². The summed E-state index contributed by atoms with van der Waals surface area (Å²) in [5.74, 6) is 0. The maximum absolute atomic E-state index is 6.41. The minimum absolute atomic E-state index is 0.422. The third-order valence-electron chi connectivity index (χ3n) is 3.02. The van der Waals surface area contributed by atoms with Crippen LogP contribution in [0, 0.1) is 6.92 Å². The molecule has 0 spiro atoms. The van der Waals surface area contributed by atoms with Gasteiger partial charge < -0.3 is 5.73 Å². The molecule has 0 saturated carbocycles. The largest absolute Gasteiger partial charge is 0.318 e. The summed E-state index contributed by atoms with van der Waals surface area (Å²) in [4.78, 5) is 0. The number of rotatable bonds is 2. The van der Waals surface area contributed by atoms with E-state index in [2.05, 4.69) is 43.3 Å². The van der Waals surface area contributed by atoms with Crippen LogP contribution in [-0.4, -0.2) is 0 Å². The zero-order valence-corrected chi connectivity index (χ0v) is 9.77. The van der Waals surface area contributed by atoms with Gasteiger partial charge in [-0.3, -0.25) is 0 Å². The van der Waals surface area contributed by atoms with Crippen LogP contribution in [0.25, 0.3) is 0 Å². The Balaban J connectivity index is 2.43. The summed E-state index contributed by atoms with van der Waals surface area (Å²) in [6, 6.07) is 18.6.